The first-order chi connectivity index (χ1) is 5.41. The van der Waals surface area contributed by atoms with E-state index in [0.717, 1.165) is 6.61 Å². The molecule has 1 heteroatoms. The first kappa shape index (κ1) is 7.60. The molecule has 1 heterocycles. The van der Waals surface area contributed by atoms with E-state index < -0.39 is 0 Å². The van der Waals surface area contributed by atoms with Crippen molar-refractivity contribution in [2.24, 2.45) is 0 Å². The molecule has 1 spiro atoms. The van der Waals surface area contributed by atoms with Crippen molar-refractivity contribution in [1.82, 2.24) is 0 Å². The van der Waals surface area contributed by atoms with Crippen LogP contribution in [0.3, 0.4) is 0 Å². The molecule has 0 amide bonds. The predicted molar refractivity (Wildman–Crippen MR) is 45.6 cm³/mol. The van der Waals surface area contributed by atoms with Crippen molar-refractivity contribution >= 4 is 0 Å². The summed E-state index contributed by atoms with van der Waals surface area (Å²) in [4.78, 5) is 0. The summed E-state index contributed by atoms with van der Waals surface area (Å²) in [5.41, 5.74) is 0.358. The highest BCUT2D eigenvalue weighted by atomic mass is 16.5. The van der Waals surface area contributed by atoms with Gasteiger partial charge >= 0.3 is 0 Å². The van der Waals surface area contributed by atoms with Crippen LogP contribution in [0.15, 0.2) is 0 Å². The van der Waals surface area contributed by atoms with E-state index in [-0.39, 0.29) is 0 Å². The van der Waals surface area contributed by atoms with Gasteiger partial charge in [0.15, 0.2) is 0 Å². The van der Waals surface area contributed by atoms with Gasteiger partial charge in [0.25, 0.3) is 0 Å². The van der Waals surface area contributed by atoms with Crippen LogP contribution in [-0.2, 0) is 4.74 Å². The maximum atomic E-state index is 5.86. The lowest BCUT2D eigenvalue weighted by Gasteiger charge is -2.26. The van der Waals surface area contributed by atoms with E-state index in [2.05, 4.69) is 0 Å². The lowest BCUT2D eigenvalue weighted by molar-refractivity contribution is -0.00780. The Morgan fingerprint density at radius 1 is 0.727 bits per heavy atom. The summed E-state index contributed by atoms with van der Waals surface area (Å²) in [5.74, 6) is 0. The van der Waals surface area contributed by atoms with Gasteiger partial charge in [-0.15, -0.1) is 0 Å². The van der Waals surface area contributed by atoms with Crippen molar-refractivity contribution in [3.05, 3.63) is 0 Å². The second-order valence-corrected chi connectivity index (χ2v) is 4.05. The molecule has 2 fully saturated rings. The Hall–Kier alpha value is -0.0400. The van der Waals surface area contributed by atoms with Crippen LogP contribution >= 0.6 is 0 Å². The van der Waals surface area contributed by atoms with Gasteiger partial charge in [-0.1, -0.05) is 25.7 Å². The molecule has 1 saturated heterocycles. The molecule has 0 aromatic rings. The summed E-state index contributed by atoms with van der Waals surface area (Å²) >= 11 is 0. The van der Waals surface area contributed by atoms with Crippen molar-refractivity contribution in [2.45, 2.75) is 57.0 Å². The van der Waals surface area contributed by atoms with Gasteiger partial charge in [0.2, 0.25) is 0 Å². The zero-order valence-electron chi connectivity index (χ0n) is 7.27. The molecule has 11 heavy (non-hydrogen) atoms. The van der Waals surface area contributed by atoms with E-state index in [4.69, 9.17) is 4.74 Å². The van der Waals surface area contributed by atoms with Crippen LogP contribution in [0.25, 0.3) is 0 Å². The fraction of sp³-hybridized carbons (Fsp3) is 1.00. The average Bonchev–Trinajstić information content (AvgIpc) is 2.32. The van der Waals surface area contributed by atoms with Crippen molar-refractivity contribution < 1.29 is 4.74 Å². The fourth-order valence-electron chi connectivity index (χ4n) is 2.52. The molecule has 0 atom stereocenters. The molecule has 1 nitrogen and oxygen atoms in total. The summed E-state index contributed by atoms with van der Waals surface area (Å²) in [6, 6.07) is 0. The van der Waals surface area contributed by atoms with E-state index in [1.165, 1.54) is 51.4 Å². The normalized spacial score (nSPS) is 30.5. The van der Waals surface area contributed by atoms with Crippen molar-refractivity contribution in [2.75, 3.05) is 6.61 Å². The number of ether oxygens (including phenoxy) is 1. The van der Waals surface area contributed by atoms with Crippen LogP contribution in [0.1, 0.15) is 51.4 Å². The highest BCUT2D eigenvalue weighted by molar-refractivity contribution is 4.86. The lowest BCUT2D eigenvalue weighted by Crippen LogP contribution is -2.26. The Kier molecular flexibility index (Phi) is 2.17. The Balaban J connectivity index is 1.97. The summed E-state index contributed by atoms with van der Waals surface area (Å²) in [7, 11) is 0. The van der Waals surface area contributed by atoms with Gasteiger partial charge in [-0.25, -0.2) is 0 Å². The molecule has 64 valence electrons. The Labute approximate surface area is 69.1 Å². The van der Waals surface area contributed by atoms with Gasteiger partial charge in [-0.2, -0.15) is 0 Å². The highest BCUT2D eigenvalue weighted by Crippen LogP contribution is 2.37. The summed E-state index contributed by atoms with van der Waals surface area (Å²) in [6.07, 6.45) is 11.0. The van der Waals surface area contributed by atoms with Crippen LogP contribution < -0.4 is 0 Å². The van der Waals surface area contributed by atoms with Gasteiger partial charge in [0.05, 0.1) is 5.60 Å². The summed E-state index contributed by atoms with van der Waals surface area (Å²) in [5, 5.41) is 0. The minimum Gasteiger partial charge on any atom is -0.375 e. The maximum absolute atomic E-state index is 5.86. The van der Waals surface area contributed by atoms with E-state index in [1.807, 2.05) is 0 Å². The quantitative estimate of drug-likeness (QED) is 0.521. The number of hydrogen-bond donors (Lipinski definition) is 0. The smallest absolute Gasteiger partial charge is 0.0683 e. The van der Waals surface area contributed by atoms with E-state index in [9.17, 15) is 0 Å². The first-order valence-electron chi connectivity index (χ1n) is 5.05. The van der Waals surface area contributed by atoms with E-state index in [0.29, 0.717) is 5.60 Å². The van der Waals surface area contributed by atoms with Gasteiger partial charge in [0.1, 0.15) is 0 Å². The SMILES string of the molecule is C1CCCC2(CC1)CCCO2. The van der Waals surface area contributed by atoms with Gasteiger partial charge in [0, 0.05) is 6.61 Å². The van der Waals surface area contributed by atoms with Gasteiger partial charge in [-0.3, -0.25) is 0 Å². The molecule has 0 aromatic heterocycles. The van der Waals surface area contributed by atoms with E-state index >= 15 is 0 Å². The second kappa shape index (κ2) is 3.14. The highest BCUT2D eigenvalue weighted by Gasteiger charge is 2.34. The molecular formula is C10H18O. The Morgan fingerprint density at radius 2 is 1.36 bits per heavy atom. The molecule has 1 aliphatic heterocycles. The largest absolute Gasteiger partial charge is 0.375 e. The Morgan fingerprint density at radius 3 is 1.91 bits per heavy atom. The predicted octanol–water partition coefficient (Wildman–Crippen LogP) is 2.89. The Bertz CT molecular complexity index is 115. The van der Waals surface area contributed by atoms with Gasteiger partial charge < -0.3 is 4.74 Å². The molecule has 2 aliphatic rings. The minimum atomic E-state index is 0.358. The summed E-state index contributed by atoms with van der Waals surface area (Å²) in [6.45, 7) is 1.03. The second-order valence-electron chi connectivity index (χ2n) is 4.05. The van der Waals surface area contributed by atoms with Crippen LogP contribution in [0.2, 0.25) is 0 Å². The molecule has 1 aliphatic carbocycles. The minimum absolute atomic E-state index is 0.358. The van der Waals surface area contributed by atoms with Crippen LogP contribution in [0, 0.1) is 0 Å². The zero-order valence-corrected chi connectivity index (χ0v) is 7.27. The zero-order chi connectivity index (χ0) is 7.57. The molecule has 0 radical (unpaired) electrons. The average molecular weight is 154 g/mol. The van der Waals surface area contributed by atoms with Crippen molar-refractivity contribution in [1.29, 1.82) is 0 Å². The standard InChI is InChI=1S/C10H18O/c1-2-4-7-10(6-3-1)8-5-9-11-10/h1-9H2. The molecule has 2 rings (SSSR count). The molecule has 0 aromatic carbocycles. The third kappa shape index (κ3) is 1.58. The van der Waals surface area contributed by atoms with Crippen LogP contribution in [0.4, 0.5) is 0 Å². The monoisotopic (exact) mass is 154 g/mol. The van der Waals surface area contributed by atoms with E-state index in [1.54, 1.807) is 0 Å². The number of rotatable bonds is 0. The molecule has 0 bridgehead atoms. The molecule has 0 N–H and O–H groups in total. The third-order valence-electron chi connectivity index (χ3n) is 3.20. The lowest BCUT2D eigenvalue weighted by atomic mass is 9.91. The van der Waals surface area contributed by atoms with Crippen molar-refractivity contribution in [3.8, 4) is 0 Å². The first-order valence-corrected chi connectivity index (χ1v) is 5.05. The molecule has 0 unspecified atom stereocenters. The topological polar surface area (TPSA) is 9.23 Å². The van der Waals surface area contributed by atoms with Gasteiger partial charge in [-0.05, 0) is 25.7 Å². The summed E-state index contributed by atoms with van der Waals surface area (Å²) < 4.78 is 5.86. The maximum Gasteiger partial charge on any atom is 0.0683 e. The third-order valence-corrected chi connectivity index (χ3v) is 3.20. The van der Waals surface area contributed by atoms with Crippen LogP contribution in [-0.4, -0.2) is 12.2 Å². The number of hydrogen-bond acceptors (Lipinski definition) is 1. The van der Waals surface area contributed by atoms with Crippen LogP contribution in [0.5, 0.6) is 0 Å². The molecular weight excluding hydrogens is 136 g/mol. The molecule has 1 saturated carbocycles. The fourth-order valence-corrected chi connectivity index (χ4v) is 2.52. The van der Waals surface area contributed by atoms with Crippen molar-refractivity contribution in [3.63, 3.8) is 0 Å².